The molecule has 1 rings (SSSR count). The van der Waals surface area contributed by atoms with Gasteiger partial charge in [-0.2, -0.15) is 0 Å². The molecule has 88 valence electrons. The third-order valence-corrected chi connectivity index (χ3v) is 4.15. The summed E-state index contributed by atoms with van der Waals surface area (Å²) in [6.45, 7) is 1.74. The van der Waals surface area contributed by atoms with Crippen molar-refractivity contribution >= 4 is 15.9 Å². The average Bonchev–Trinajstić information content (AvgIpc) is 2.22. The molecule has 0 unspecified atom stereocenters. The summed E-state index contributed by atoms with van der Waals surface area (Å²) in [4.78, 5) is 11.4. The number of sulfone groups is 1. The molecule has 1 saturated heterocycles. The number of carbonyl (C=O) groups excluding carboxylic acids is 1. The van der Waals surface area contributed by atoms with E-state index in [0.717, 1.165) is 0 Å². The molecule has 6 nitrogen and oxygen atoms in total. The zero-order valence-electron chi connectivity index (χ0n) is 9.20. The highest BCUT2D eigenvalue weighted by molar-refractivity contribution is 7.91. The number of rotatable bonds is 2. The van der Waals surface area contributed by atoms with Gasteiger partial charge >= 0.3 is 6.03 Å². The van der Waals surface area contributed by atoms with Gasteiger partial charge in [-0.25, -0.2) is 18.2 Å². The molecule has 0 aromatic carbocycles. The fourth-order valence-electron chi connectivity index (χ4n) is 1.61. The summed E-state index contributed by atoms with van der Waals surface area (Å²) >= 11 is 0. The van der Waals surface area contributed by atoms with Crippen LogP contribution in [0.2, 0.25) is 0 Å². The van der Waals surface area contributed by atoms with Gasteiger partial charge in [-0.1, -0.05) is 0 Å². The lowest BCUT2D eigenvalue weighted by molar-refractivity contribution is 0.202. The molecule has 7 heteroatoms. The van der Waals surface area contributed by atoms with Gasteiger partial charge in [0.05, 0.1) is 17.0 Å². The molecular weight excluding hydrogens is 218 g/mol. The van der Waals surface area contributed by atoms with Gasteiger partial charge in [0.2, 0.25) is 0 Å². The Labute approximate surface area is 89.9 Å². The second-order valence-electron chi connectivity index (χ2n) is 4.36. The van der Waals surface area contributed by atoms with E-state index in [1.165, 1.54) is 5.01 Å². The van der Waals surface area contributed by atoms with E-state index in [0.29, 0.717) is 6.42 Å². The predicted molar refractivity (Wildman–Crippen MR) is 57.0 cm³/mol. The molecule has 1 aliphatic heterocycles. The highest BCUT2D eigenvalue weighted by Crippen LogP contribution is 2.22. The van der Waals surface area contributed by atoms with E-state index in [4.69, 9.17) is 0 Å². The first-order chi connectivity index (χ1) is 6.72. The van der Waals surface area contributed by atoms with Crippen LogP contribution < -0.4 is 10.7 Å². The van der Waals surface area contributed by atoms with Gasteiger partial charge in [0.15, 0.2) is 9.84 Å². The van der Waals surface area contributed by atoms with E-state index in [2.05, 4.69) is 10.7 Å². The molecule has 2 N–H and O–H groups in total. The summed E-state index contributed by atoms with van der Waals surface area (Å²) in [5.74, 6) is 0.159. The maximum atomic E-state index is 11.4. The Morgan fingerprint density at radius 1 is 1.40 bits per heavy atom. The predicted octanol–water partition coefficient (Wildman–Crippen LogP) is -0.661. The standard InChI is InChI=1S/C8H17N3O3S/c1-8(4-5-15(13,14)6-8)9-7(12)10-11(2)3/h4-6H2,1-3H3,(H2,9,10,12)/t8-/m0/s1. The lowest BCUT2D eigenvalue weighted by Crippen LogP contribution is -2.53. The Morgan fingerprint density at radius 3 is 2.40 bits per heavy atom. The molecule has 15 heavy (non-hydrogen) atoms. The van der Waals surface area contributed by atoms with Crippen LogP contribution in [0.5, 0.6) is 0 Å². The normalized spacial score (nSPS) is 29.1. The maximum Gasteiger partial charge on any atom is 0.329 e. The van der Waals surface area contributed by atoms with Crippen molar-refractivity contribution < 1.29 is 13.2 Å². The highest BCUT2D eigenvalue weighted by atomic mass is 32.2. The Balaban J connectivity index is 2.55. The van der Waals surface area contributed by atoms with Gasteiger partial charge in [-0.15, -0.1) is 0 Å². The first kappa shape index (κ1) is 12.3. The van der Waals surface area contributed by atoms with Gasteiger partial charge in [-0.05, 0) is 13.3 Å². The second-order valence-corrected chi connectivity index (χ2v) is 6.55. The van der Waals surface area contributed by atoms with E-state index in [9.17, 15) is 13.2 Å². The molecule has 1 aliphatic rings. The lowest BCUT2D eigenvalue weighted by Gasteiger charge is -2.25. The number of carbonyl (C=O) groups is 1. The van der Waals surface area contributed by atoms with Crippen molar-refractivity contribution in [1.29, 1.82) is 0 Å². The summed E-state index contributed by atoms with van der Waals surface area (Å²) in [5.41, 5.74) is 1.87. The summed E-state index contributed by atoms with van der Waals surface area (Å²) < 4.78 is 22.5. The molecule has 0 aromatic rings. The van der Waals surface area contributed by atoms with Crippen molar-refractivity contribution in [3.8, 4) is 0 Å². The smallest absolute Gasteiger partial charge is 0.329 e. The second kappa shape index (κ2) is 3.97. The minimum atomic E-state index is -2.98. The first-order valence-electron chi connectivity index (χ1n) is 4.69. The number of hydrogen-bond donors (Lipinski definition) is 2. The third-order valence-electron chi connectivity index (χ3n) is 2.24. The van der Waals surface area contributed by atoms with Crippen LogP contribution in [0.1, 0.15) is 13.3 Å². The lowest BCUT2D eigenvalue weighted by atomic mass is 10.0. The number of nitrogens with zero attached hydrogens (tertiary/aromatic N) is 1. The van der Waals surface area contributed by atoms with E-state index < -0.39 is 15.4 Å². The van der Waals surface area contributed by atoms with E-state index >= 15 is 0 Å². The fraction of sp³-hybridized carbons (Fsp3) is 0.875. The summed E-state index contributed by atoms with van der Waals surface area (Å²) in [6.07, 6.45) is 0.468. The van der Waals surface area contributed by atoms with Gasteiger partial charge in [0.1, 0.15) is 0 Å². The van der Waals surface area contributed by atoms with E-state index in [-0.39, 0.29) is 17.5 Å². The van der Waals surface area contributed by atoms with Crippen LogP contribution in [-0.2, 0) is 9.84 Å². The van der Waals surface area contributed by atoms with Crippen molar-refractivity contribution in [3.05, 3.63) is 0 Å². The summed E-state index contributed by atoms with van der Waals surface area (Å²) in [7, 11) is 0.391. The Morgan fingerprint density at radius 2 is 2.00 bits per heavy atom. The molecule has 1 atom stereocenters. The molecule has 0 aliphatic carbocycles. The van der Waals surface area contributed by atoms with Crippen LogP contribution in [0.25, 0.3) is 0 Å². The number of hydrogen-bond acceptors (Lipinski definition) is 4. The molecule has 1 heterocycles. The molecule has 0 radical (unpaired) electrons. The largest absolute Gasteiger partial charge is 0.331 e. The molecular formula is C8H17N3O3S. The van der Waals surface area contributed by atoms with E-state index in [1.54, 1.807) is 21.0 Å². The quantitative estimate of drug-likeness (QED) is 0.623. The van der Waals surface area contributed by atoms with Gasteiger partial charge in [-0.3, -0.25) is 5.43 Å². The van der Waals surface area contributed by atoms with Crippen LogP contribution >= 0.6 is 0 Å². The van der Waals surface area contributed by atoms with Crippen LogP contribution in [0, 0.1) is 0 Å². The average molecular weight is 235 g/mol. The monoisotopic (exact) mass is 235 g/mol. The number of amides is 2. The van der Waals surface area contributed by atoms with Crippen molar-refractivity contribution in [1.82, 2.24) is 15.8 Å². The third kappa shape index (κ3) is 3.67. The highest BCUT2D eigenvalue weighted by Gasteiger charge is 2.39. The van der Waals surface area contributed by atoms with Crippen molar-refractivity contribution in [3.63, 3.8) is 0 Å². The molecule has 2 amide bonds. The number of hydrazine groups is 1. The first-order valence-corrected chi connectivity index (χ1v) is 6.51. The van der Waals surface area contributed by atoms with Crippen LogP contribution in [0.15, 0.2) is 0 Å². The van der Waals surface area contributed by atoms with Gasteiger partial charge in [0.25, 0.3) is 0 Å². The number of nitrogens with one attached hydrogen (secondary N) is 2. The topological polar surface area (TPSA) is 78.5 Å². The van der Waals surface area contributed by atoms with Crippen LogP contribution in [0.3, 0.4) is 0 Å². The molecule has 0 bridgehead atoms. The summed E-state index contributed by atoms with van der Waals surface area (Å²) in [5, 5.41) is 4.17. The molecule has 1 fully saturated rings. The van der Waals surface area contributed by atoms with Crippen molar-refractivity contribution in [2.24, 2.45) is 0 Å². The Hall–Kier alpha value is -0.820. The molecule has 0 spiro atoms. The molecule has 0 saturated carbocycles. The fourth-order valence-corrected chi connectivity index (χ4v) is 3.71. The Kier molecular flexibility index (Phi) is 3.25. The van der Waals surface area contributed by atoms with Gasteiger partial charge < -0.3 is 5.32 Å². The maximum absolute atomic E-state index is 11.4. The minimum absolute atomic E-state index is 0.0147. The zero-order valence-corrected chi connectivity index (χ0v) is 10.0. The van der Waals surface area contributed by atoms with Crippen LogP contribution in [-0.4, -0.2) is 50.6 Å². The minimum Gasteiger partial charge on any atom is -0.331 e. The summed E-state index contributed by atoms with van der Waals surface area (Å²) in [6, 6.07) is -0.375. The number of urea groups is 1. The Bertz CT molecular complexity index is 352. The van der Waals surface area contributed by atoms with Gasteiger partial charge in [0, 0.05) is 14.1 Å². The van der Waals surface area contributed by atoms with E-state index in [1.807, 2.05) is 0 Å². The van der Waals surface area contributed by atoms with Crippen molar-refractivity contribution in [2.45, 2.75) is 18.9 Å². The molecule has 0 aromatic heterocycles. The van der Waals surface area contributed by atoms with Crippen LogP contribution in [0.4, 0.5) is 4.79 Å². The van der Waals surface area contributed by atoms with Crippen molar-refractivity contribution in [2.75, 3.05) is 25.6 Å². The SMILES string of the molecule is CN(C)NC(=O)N[C@@]1(C)CCS(=O)(=O)C1. The zero-order chi connectivity index (χ0) is 11.7.